The van der Waals surface area contributed by atoms with Crippen molar-refractivity contribution in [3.05, 3.63) is 71.9 Å². The van der Waals surface area contributed by atoms with Crippen molar-refractivity contribution in [3.63, 3.8) is 0 Å². The zero-order chi connectivity index (χ0) is 15.4. The summed E-state index contributed by atoms with van der Waals surface area (Å²) < 4.78 is 7.02. The van der Waals surface area contributed by atoms with E-state index < -0.39 is 0 Å². The van der Waals surface area contributed by atoms with Gasteiger partial charge < -0.3 is 9.30 Å². The number of hydrogen-bond acceptors (Lipinski definition) is 3. The van der Waals surface area contributed by atoms with Gasteiger partial charge in [-0.2, -0.15) is 0 Å². The van der Waals surface area contributed by atoms with E-state index in [4.69, 9.17) is 4.74 Å². The van der Waals surface area contributed by atoms with Crippen LogP contribution in [0.25, 0.3) is 10.9 Å². The summed E-state index contributed by atoms with van der Waals surface area (Å²) in [5.74, 6) is -0.331. The standard InChI is InChI=1S/C18H15NO3/c20-12-15-10-19(17-9-5-4-8-16(15)17)11-18(21)22-13-14-6-2-1-3-7-14/h1-10,12H,11,13H2. The molecule has 3 aromatic rings. The molecule has 0 atom stereocenters. The van der Waals surface area contributed by atoms with Gasteiger partial charge in [0.1, 0.15) is 13.2 Å². The van der Waals surface area contributed by atoms with Crippen LogP contribution in [-0.2, 0) is 22.7 Å². The zero-order valence-electron chi connectivity index (χ0n) is 11.9. The first kappa shape index (κ1) is 14.1. The van der Waals surface area contributed by atoms with Crippen molar-refractivity contribution in [3.8, 4) is 0 Å². The molecule has 4 heteroatoms. The molecule has 1 heterocycles. The number of nitrogens with zero attached hydrogens (tertiary/aromatic N) is 1. The third-order valence-corrected chi connectivity index (χ3v) is 3.49. The molecule has 0 unspecified atom stereocenters. The zero-order valence-corrected chi connectivity index (χ0v) is 11.9. The molecule has 0 N–H and O–H groups in total. The Morgan fingerprint density at radius 1 is 1.05 bits per heavy atom. The molecule has 3 rings (SSSR count). The lowest BCUT2D eigenvalue weighted by Crippen LogP contribution is -2.12. The molecule has 0 aliphatic rings. The number of hydrogen-bond donors (Lipinski definition) is 0. The Hall–Kier alpha value is -2.88. The van der Waals surface area contributed by atoms with E-state index in [0.717, 1.165) is 22.8 Å². The summed E-state index contributed by atoms with van der Waals surface area (Å²) in [4.78, 5) is 23.1. The highest BCUT2D eigenvalue weighted by molar-refractivity contribution is 5.98. The minimum absolute atomic E-state index is 0.0845. The average Bonchev–Trinajstić information content (AvgIpc) is 2.92. The van der Waals surface area contributed by atoms with Crippen LogP contribution in [0.4, 0.5) is 0 Å². The van der Waals surface area contributed by atoms with Gasteiger partial charge in [0.15, 0.2) is 6.29 Å². The summed E-state index contributed by atoms with van der Waals surface area (Å²) in [7, 11) is 0. The van der Waals surface area contributed by atoms with E-state index in [1.165, 1.54) is 0 Å². The smallest absolute Gasteiger partial charge is 0.326 e. The minimum atomic E-state index is -0.331. The maximum Gasteiger partial charge on any atom is 0.326 e. The molecule has 0 radical (unpaired) electrons. The quantitative estimate of drug-likeness (QED) is 0.536. The van der Waals surface area contributed by atoms with Gasteiger partial charge >= 0.3 is 5.97 Å². The van der Waals surface area contributed by atoms with Crippen molar-refractivity contribution >= 4 is 23.2 Å². The monoisotopic (exact) mass is 293 g/mol. The molecular weight excluding hydrogens is 278 g/mol. The van der Waals surface area contributed by atoms with Crippen LogP contribution >= 0.6 is 0 Å². The average molecular weight is 293 g/mol. The van der Waals surface area contributed by atoms with Gasteiger partial charge in [-0.1, -0.05) is 48.5 Å². The van der Waals surface area contributed by atoms with Crippen LogP contribution < -0.4 is 0 Å². The summed E-state index contributed by atoms with van der Waals surface area (Å²) in [5, 5.41) is 0.841. The highest BCUT2D eigenvalue weighted by Crippen LogP contribution is 2.19. The highest BCUT2D eigenvalue weighted by Gasteiger charge is 2.11. The van der Waals surface area contributed by atoms with Crippen LogP contribution in [0.1, 0.15) is 15.9 Å². The fourth-order valence-corrected chi connectivity index (χ4v) is 2.42. The molecule has 0 aliphatic carbocycles. The summed E-state index contributed by atoms with van der Waals surface area (Å²) in [6.45, 7) is 0.334. The first-order valence-electron chi connectivity index (χ1n) is 7.00. The number of aldehydes is 1. The maximum atomic E-state index is 12.0. The van der Waals surface area contributed by atoms with Crippen LogP contribution in [-0.4, -0.2) is 16.8 Å². The Balaban J connectivity index is 1.73. The van der Waals surface area contributed by atoms with Crippen LogP contribution in [0.3, 0.4) is 0 Å². The number of fused-ring (bicyclic) bond motifs is 1. The van der Waals surface area contributed by atoms with Gasteiger partial charge in [0.2, 0.25) is 0 Å². The summed E-state index contributed by atoms with van der Waals surface area (Å²) in [5.41, 5.74) is 2.37. The van der Waals surface area contributed by atoms with Gasteiger partial charge in [0, 0.05) is 22.7 Å². The van der Waals surface area contributed by atoms with E-state index in [1.807, 2.05) is 54.6 Å². The summed E-state index contributed by atoms with van der Waals surface area (Å²) in [6, 6.07) is 17.0. The summed E-state index contributed by atoms with van der Waals surface area (Å²) >= 11 is 0. The van der Waals surface area contributed by atoms with Crippen LogP contribution in [0, 0.1) is 0 Å². The molecule has 4 nitrogen and oxygen atoms in total. The van der Waals surface area contributed by atoms with Crippen molar-refractivity contribution in [2.45, 2.75) is 13.2 Å². The molecule has 0 fully saturated rings. The molecule has 2 aromatic carbocycles. The summed E-state index contributed by atoms with van der Waals surface area (Å²) in [6.07, 6.45) is 2.48. The minimum Gasteiger partial charge on any atom is -0.459 e. The van der Waals surface area contributed by atoms with Crippen molar-refractivity contribution in [2.75, 3.05) is 0 Å². The van der Waals surface area contributed by atoms with Crippen molar-refractivity contribution < 1.29 is 14.3 Å². The molecule has 0 bridgehead atoms. The Labute approximate surface area is 127 Å². The third kappa shape index (κ3) is 2.91. The second kappa shape index (κ2) is 6.26. The highest BCUT2D eigenvalue weighted by atomic mass is 16.5. The van der Waals surface area contributed by atoms with Crippen LogP contribution in [0.5, 0.6) is 0 Å². The number of benzene rings is 2. The van der Waals surface area contributed by atoms with Gasteiger partial charge in [0.25, 0.3) is 0 Å². The topological polar surface area (TPSA) is 48.3 Å². The van der Waals surface area contributed by atoms with Gasteiger partial charge in [0.05, 0.1) is 0 Å². The van der Waals surface area contributed by atoms with Crippen molar-refractivity contribution in [1.82, 2.24) is 4.57 Å². The fraction of sp³-hybridized carbons (Fsp3) is 0.111. The number of carbonyl (C=O) groups excluding carboxylic acids is 2. The first-order valence-corrected chi connectivity index (χ1v) is 7.00. The van der Waals surface area contributed by atoms with Gasteiger partial charge in [-0.3, -0.25) is 9.59 Å². The number of ether oxygens (including phenoxy) is 1. The molecule has 0 spiro atoms. The SMILES string of the molecule is O=Cc1cn(CC(=O)OCc2ccccc2)c2ccccc12. The third-order valence-electron chi connectivity index (χ3n) is 3.49. The number of esters is 1. The number of aromatic nitrogens is 1. The van der Waals surface area contributed by atoms with Crippen LogP contribution in [0.15, 0.2) is 60.8 Å². The molecule has 0 saturated heterocycles. The molecule has 1 aromatic heterocycles. The largest absolute Gasteiger partial charge is 0.459 e. The molecular formula is C18H15NO3. The first-order chi connectivity index (χ1) is 10.8. The molecule has 22 heavy (non-hydrogen) atoms. The normalized spacial score (nSPS) is 10.5. The lowest BCUT2D eigenvalue weighted by molar-refractivity contribution is -0.145. The van der Waals surface area contributed by atoms with Gasteiger partial charge in [-0.25, -0.2) is 0 Å². The lowest BCUT2D eigenvalue weighted by Gasteiger charge is -2.07. The molecule has 0 aliphatic heterocycles. The Morgan fingerprint density at radius 3 is 2.55 bits per heavy atom. The second-order valence-corrected chi connectivity index (χ2v) is 4.99. The predicted molar refractivity (Wildman–Crippen MR) is 83.6 cm³/mol. The predicted octanol–water partition coefficient (Wildman–Crippen LogP) is 3.20. The van der Waals surface area contributed by atoms with E-state index >= 15 is 0 Å². The van der Waals surface area contributed by atoms with E-state index in [9.17, 15) is 9.59 Å². The Kier molecular flexibility index (Phi) is 4.01. The number of rotatable bonds is 5. The van der Waals surface area contributed by atoms with Gasteiger partial charge in [-0.15, -0.1) is 0 Å². The van der Waals surface area contributed by atoms with Gasteiger partial charge in [-0.05, 0) is 11.6 Å². The molecule has 0 amide bonds. The lowest BCUT2D eigenvalue weighted by atomic mass is 10.2. The Bertz CT molecular complexity index is 806. The van der Waals surface area contributed by atoms with Crippen molar-refractivity contribution in [2.24, 2.45) is 0 Å². The van der Waals surface area contributed by atoms with E-state index in [1.54, 1.807) is 10.8 Å². The van der Waals surface area contributed by atoms with E-state index in [-0.39, 0.29) is 19.1 Å². The number of carbonyl (C=O) groups is 2. The van der Waals surface area contributed by atoms with E-state index in [2.05, 4.69) is 0 Å². The maximum absolute atomic E-state index is 12.0. The fourth-order valence-electron chi connectivity index (χ4n) is 2.42. The van der Waals surface area contributed by atoms with Crippen molar-refractivity contribution in [1.29, 1.82) is 0 Å². The van der Waals surface area contributed by atoms with Crippen LogP contribution in [0.2, 0.25) is 0 Å². The molecule has 0 saturated carbocycles. The number of para-hydroxylation sites is 1. The second-order valence-electron chi connectivity index (χ2n) is 4.99. The van der Waals surface area contributed by atoms with E-state index in [0.29, 0.717) is 5.56 Å². The Morgan fingerprint density at radius 2 is 1.77 bits per heavy atom. The molecule has 110 valence electrons.